The van der Waals surface area contributed by atoms with Gasteiger partial charge >= 0.3 is 11.9 Å². The molecule has 0 atom stereocenters. The average molecular weight is 400 g/mol. The third kappa shape index (κ3) is 4.93. The second-order valence-corrected chi connectivity index (χ2v) is 6.76. The van der Waals surface area contributed by atoms with E-state index in [0.717, 1.165) is 0 Å². The largest absolute Gasteiger partial charge is 0.490 e. The van der Waals surface area contributed by atoms with Crippen molar-refractivity contribution in [1.29, 1.82) is 0 Å². The van der Waals surface area contributed by atoms with E-state index in [2.05, 4.69) is 0 Å². The van der Waals surface area contributed by atoms with Crippen LogP contribution in [0.4, 0.5) is 4.39 Å². The first-order valence-electron chi connectivity index (χ1n) is 9.10. The van der Waals surface area contributed by atoms with E-state index in [1.165, 1.54) is 26.0 Å². The Balaban J connectivity index is 1.83. The molecule has 0 saturated carbocycles. The molecule has 0 amide bonds. The van der Waals surface area contributed by atoms with Gasteiger partial charge in [-0.3, -0.25) is 0 Å². The number of cyclic esters (lactones) is 2. The van der Waals surface area contributed by atoms with E-state index >= 15 is 0 Å². The number of carbonyl (C=O) groups excluding carboxylic acids is 2. The monoisotopic (exact) mass is 400 g/mol. The molecule has 29 heavy (non-hydrogen) atoms. The molecule has 2 aromatic rings. The second kappa shape index (κ2) is 8.34. The number of rotatable bonds is 6. The third-order valence-electron chi connectivity index (χ3n) is 4.04. The Morgan fingerprint density at radius 2 is 1.69 bits per heavy atom. The Bertz CT molecular complexity index is 942. The Labute approximate surface area is 167 Å². The summed E-state index contributed by atoms with van der Waals surface area (Å²) in [5.41, 5.74) is 0.721. The van der Waals surface area contributed by atoms with Crippen LogP contribution < -0.4 is 9.47 Å². The Hall–Kier alpha value is -3.35. The molecule has 1 aliphatic rings. The highest BCUT2D eigenvalue weighted by molar-refractivity contribution is 6.18. The molecular formula is C22H21FO6. The van der Waals surface area contributed by atoms with Crippen LogP contribution in [0.2, 0.25) is 0 Å². The first-order valence-corrected chi connectivity index (χ1v) is 9.10. The number of carbonyl (C=O) groups is 2. The molecule has 0 radical (unpaired) electrons. The van der Waals surface area contributed by atoms with Gasteiger partial charge in [-0.1, -0.05) is 24.3 Å². The topological polar surface area (TPSA) is 71.1 Å². The summed E-state index contributed by atoms with van der Waals surface area (Å²) in [7, 11) is 0. The van der Waals surface area contributed by atoms with Crippen LogP contribution in [0.3, 0.4) is 0 Å². The van der Waals surface area contributed by atoms with E-state index in [1.54, 1.807) is 36.4 Å². The maximum Gasteiger partial charge on any atom is 0.348 e. The average Bonchev–Trinajstić information content (AvgIpc) is 2.65. The lowest BCUT2D eigenvalue weighted by atomic mass is 10.1. The summed E-state index contributed by atoms with van der Waals surface area (Å²) in [4.78, 5) is 24.2. The van der Waals surface area contributed by atoms with E-state index in [9.17, 15) is 14.0 Å². The van der Waals surface area contributed by atoms with Gasteiger partial charge in [-0.25, -0.2) is 14.0 Å². The number of hydrogen-bond donors (Lipinski definition) is 0. The maximum absolute atomic E-state index is 13.8. The molecule has 152 valence electrons. The van der Waals surface area contributed by atoms with Crippen molar-refractivity contribution >= 4 is 18.0 Å². The van der Waals surface area contributed by atoms with E-state index in [1.807, 2.05) is 6.92 Å². The maximum atomic E-state index is 13.8. The van der Waals surface area contributed by atoms with Crippen molar-refractivity contribution in [2.45, 2.75) is 33.2 Å². The van der Waals surface area contributed by atoms with Crippen molar-refractivity contribution in [2.75, 3.05) is 6.61 Å². The fourth-order valence-corrected chi connectivity index (χ4v) is 2.72. The Kier molecular flexibility index (Phi) is 5.87. The molecule has 0 aliphatic carbocycles. The zero-order chi connectivity index (χ0) is 21.0. The van der Waals surface area contributed by atoms with Crippen LogP contribution in [0.1, 0.15) is 31.9 Å². The van der Waals surface area contributed by atoms with Crippen LogP contribution in [0, 0.1) is 5.82 Å². The molecule has 3 rings (SSSR count). The van der Waals surface area contributed by atoms with Crippen molar-refractivity contribution in [3.63, 3.8) is 0 Å². The standard InChI is InChI=1S/C22H21FO6/c1-4-26-19-12-14(11-16-20(24)28-22(2,3)29-21(16)25)9-10-18(19)27-13-15-7-5-6-8-17(15)23/h5-12H,4,13H2,1-3H3. The summed E-state index contributed by atoms with van der Waals surface area (Å²) >= 11 is 0. The summed E-state index contributed by atoms with van der Waals surface area (Å²) in [5.74, 6) is -2.37. The summed E-state index contributed by atoms with van der Waals surface area (Å²) < 4.78 is 35.3. The normalized spacial score (nSPS) is 15.4. The minimum Gasteiger partial charge on any atom is -0.490 e. The van der Waals surface area contributed by atoms with E-state index in [0.29, 0.717) is 29.2 Å². The van der Waals surface area contributed by atoms with E-state index in [4.69, 9.17) is 18.9 Å². The first-order chi connectivity index (χ1) is 13.8. The smallest absolute Gasteiger partial charge is 0.348 e. The molecule has 7 heteroatoms. The van der Waals surface area contributed by atoms with Gasteiger partial charge in [0.05, 0.1) is 6.61 Å². The van der Waals surface area contributed by atoms with Gasteiger partial charge < -0.3 is 18.9 Å². The molecule has 1 aliphatic heterocycles. The molecule has 0 bridgehead atoms. The highest BCUT2D eigenvalue weighted by atomic mass is 19.1. The molecule has 0 unspecified atom stereocenters. The van der Waals surface area contributed by atoms with Crippen molar-refractivity contribution in [2.24, 2.45) is 0 Å². The minimum absolute atomic E-state index is 0.0287. The van der Waals surface area contributed by atoms with Gasteiger partial charge in [-0.05, 0) is 36.8 Å². The van der Waals surface area contributed by atoms with Gasteiger partial charge in [0, 0.05) is 19.4 Å². The molecular weight excluding hydrogens is 379 g/mol. The fraction of sp³-hybridized carbons (Fsp3) is 0.273. The number of ether oxygens (including phenoxy) is 4. The molecule has 1 fully saturated rings. The SMILES string of the molecule is CCOc1cc(C=C2C(=O)OC(C)(C)OC2=O)ccc1OCc1ccccc1F. The molecule has 0 spiro atoms. The van der Waals surface area contributed by atoms with Gasteiger partial charge in [0.15, 0.2) is 11.5 Å². The van der Waals surface area contributed by atoms with Crippen molar-refractivity contribution in [3.8, 4) is 11.5 Å². The van der Waals surface area contributed by atoms with E-state index in [-0.39, 0.29) is 18.0 Å². The molecule has 1 saturated heterocycles. The number of esters is 2. The predicted molar refractivity (Wildman–Crippen MR) is 103 cm³/mol. The lowest BCUT2D eigenvalue weighted by Crippen LogP contribution is -2.41. The summed E-state index contributed by atoms with van der Waals surface area (Å²) in [6, 6.07) is 11.2. The highest BCUT2D eigenvalue weighted by Gasteiger charge is 2.38. The van der Waals surface area contributed by atoms with Crippen LogP contribution in [-0.2, 0) is 25.7 Å². The lowest BCUT2D eigenvalue weighted by molar-refractivity contribution is -0.222. The minimum atomic E-state index is -1.30. The Morgan fingerprint density at radius 1 is 1.00 bits per heavy atom. The van der Waals surface area contributed by atoms with Crippen LogP contribution >= 0.6 is 0 Å². The van der Waals surface area contributed by atoms with Gasteiger partial charge in [-0.2, -0.15) is 0 Å². The molecule has 1 heterocycles. The zero-order valence-electron chi connectivity index (χ0n) is 16.4. The van der Waals surface area contributed by atoms with E-state index < -0.39 is 17.7 Å². The van der Waals surface area contributed by atoms with Gasteiger partial charge in [0.2, 0.25) is 0 Å². The van der Waals surface area contributed by atoms with Crippen LogP contribution in [0.25, 0.3) is 6.08 Å². The molecule has 2 aromatic carbocycles. The molecule has 0 aromatic heterocycles. The van der Waals surface area contributed by atoms with Crippen LogP contribution in [0.15, 0.2) is 48.0 Å². The third-order valence-corrected chi connectivity index (χ3v) is 4.04. The summed E-state index contributed by atoms with van der Waals surface area (Å²) in [6.07, 6.45) is 1.36. The second-order valence-electron chi connectivity index (χ2n) is 6.76. The number of benzene rings is 2. The number of halogens is 1. The van der Waals surface area contributed by atoms with Gasteiger partial charge in [-0.15, -0.1) is 0 Å². The zero-order valence-corrected chi connectivity index (χ0v) is 16.4. The number of hydrogen-bond acceptors (Lipinski definition) is 6. The first kappa shape index (κ1) is 20.4. The van der Waals surface area contributed by atoms with Crippen molar-refractivity contribution in [3.05, 3.63) is 65.0 Å². The van der Waals surface area contributed by atoms with Crippen LogP contribution in [0.5, 0.6) is 11.5 Å². The van der Waals surface area contributed by atoms with Gasteiger partial charge in [0.1, 0.15) is 18.0 Å². The molecule has 6 nitrogen and oxygen atoms in total. The Morgan fingerprint density at radius 3 is 2.34 bits per heavy atom. The quantitative estimate of drug-likeness (QED) is 0.414. The highest BCUT2D eigenvalue weighted by Crippen LogP contribution is 2.31. The molecule has 0 N–H and O–H groups in total. The predicted octanol–water partition coefficient (Wildman–Crippen LogP) is 4.02. The summed E-state index contributed by atoms with van der Waals surface area (Å²) in [5, 5.41) is 0. The van der Waals surface area contributed by atoms with Crippen LogP contribution in [-0.4, -0.2) is 24.3 Å². The van der Waals surface area contributed by atoms with Crippen molar-refractivity contribution < 1.29 is 32.9 Å². The fourth-order valence-electron chi connectivity index (χ4n) is 2.72. The summed E-state index contributed by atoms with van der Waals surface area (Å²) in [6.45, 7) is 5.17. The van der Waals surface area contributed by atoms with Gasteiger partial charge in [0.25, 0.3) is 5.79 Å². The lowest BCUT2D eigenvalue weighted by Gasteiger charge is -2.29. The van der Waals surface area contributed by atoms with Crippen molar-refractivity contribution in [1.82, 2.24) is 0 Å².